The van der Waals surface area contributed by atoms with Gasteiger partial charge in [-0.25, -0.2) is 0 Å². The third kappa shape index (κ3) is 4.80. The summed E-state index contributed by atoms with van der Waals surface area (Å²) in [6.45, 7) is 4.54. The van der Waals surface area contributed by atoms with Crippen molar-refractivity contribution in [2.24, 2.45) is 0 Å². The Bertz CT molecular complexity index is 194. The number of halogens is 2. The maximum atomic E-state index is 11.1. The minimum Gasteiger partial charge on any atom is -0.354 e. The second kappa shape index (κ2) is 4.89. The van der Waals surface area contributed by atoms with Crippen molar-refractivity contribution in [3.63, 3.8) is 0 Å². The Labute approximate surface area is 83.4 Å². The predicted octanol–water partition coefficient (Wildman–Crippen LogP) is 2.51. The second-order valence-corrected chi connectivity index (χ2v) is 9.30. The van der Waals surface area contributed by atoms with E-state index >= 15 is 0 Å². The fraction of sp³-hybridized carbons (Fsp3) is 0.571. The summed E-state index contributed by atoms with van der Waals surface area (Å²) in [5.41, 5.74) is 0.435. The molecule has 0 aromatic heterocycles. The lowest BCUT2D eigenvalue weighted by Gasteiger charge is -2.16. The minimum absolute atomic E-state index is 0.250. The Hall–Kier alpha value is 0.00688. The van der Waals surface area contributed by atoms with E-state index in [0.29, 0.717) is 11.6 Å². The van der Waals surface area contributed by atoms with Crippen LogP contribution in [0.4, 0.5) is 0 Å². The van der Waals surface area contributed by atoms with E-state index in [9.17, 15) is 4.79 Å². The van der Waals surface area contributed by atoms with E-state index in [0.717, 1.165) is 6.42 Å². The molecule has 0 saturated heterocycles. The molecule has 0 aliphatic carbocycles. The van der Waals surface area contributed by atoms with E-state index < -0.39 is 6.86 Å². The molecular weight excluding hydrogens is 213 g/mol. The molecule has 0 radical (unpaired) electrons. The van der Waals surface area contributed by atoms with Crippen LogP contribution in [-0.2, 0) is 4.79 Å². The summed E-state index contributed by atoms with van der Waals surface area (Å²) in [6, 6.07) is 0.662. The van der Waals surface area contributed by atoms with Crippen LogP contribution in [0.25, 0.3) is 0 Å². The van der Waals surface area contributed by atoms with Crippen molar-refractivity contribution in [3.05, 3.63) is 12.2 Å². The molecule has 0 atom stereocenters. The van der Waals surface area contributed by atoms with Crippen molar-refractivity contribution in [2.75, 3.05) is 0 Å². The largest absolute Gasteiger partial charge is 0.354 e. The van der Waals surface area contributed by atoms with Gasteiger partial charge >= 0.3 is 6.86 Å². The van der Waals surface area contributed by atoms with E-state index in [1.807, 2.05) is 6.92 Å². The average molecular weight is 226 g/mol. The first-order valence-corrected chi connectivity index (χ1v) is 7.98. The number of amides is 1. The molecule has 0 aliphatic rings. The van der Waals surface area contributed by atoms with E-state index in [2.05, 4.69) is 11.6 Å². The van der Waals surface area contributed by atoms with Crippen molar-refractivity contribution in [3.8, 4) is 0 Å². The van der Waals surface area contributed by atoms with Crippen LogP contribution < -0.4 is 4.98 Å². The zero-order valence-electron chi connectivity index (χ0n) is 7.29. The van der Waals surface area contributed by atoms with Crippen molar-refractivity contribution >= 4 is 34.9 Å². The molecule has 0 heterocycles. The van der Waals surface area contributed by atoms with Crippen LogP contribution in [0.1, 0.15) is 20.3 Å². The van der Waals surface area contributed by atoms with E-state index in [-0.39, 0.29) is 5.91 Å². The smallest absolute Gasteiger partial charge is 0.352 e. The minimum atomic E-state index is -2.55. The van der Waals surface area contributed by atoms with Crippen LogP contribution in [0.5, 0.6) is 0 Å². The third-order valence-corrected chi connectivity index (χ3v) is 4.67. The van der Waals surface area contributed by atoms with Gasteiger partial charge in [0.05, 0.1) is 0 Å². The van der Waals surface area contributed by atoms with E-state index in [1.165, 1.54) is 0 Å². The van der Waals surface area contributed by atoms with Gasteiger partial charge in [0.1, 0.15) is 0 Å². The Morgan fingerprint density at radius 2 is 2.08 bits per heavy atom. The number of hydrogen-bond donors (Lipinski definition) is 1. The molecule has 0 aliphatic heterocycles. The van der Waals surface area contributed by atoms with Gasteiger partial charge in [0, 0.05) is 5.57 Å². The maximum Gasteiger partial charge on any atom is 0.352 e. The Balaban J connectivity index is 4.05. The van der Waals surface area contributed by atoms with Gasteiger partial charge in [-0.3, -0.25) is 4.79 Å². The molecule has 0 rings (SSSR count). The van der Waals surface area contributed by atoms with Crippen molar-refractivity contribution < 1.29 is 4.79 Å². The van der Waals surface area contributed by atoms with Crippen LogP contribution in [-0.4, -0.2) is 12.8 Å². The van der Waals surface area contributed by atoms with Gasteiger partial charge in [-0.05, 0) is 13.0 Å². The summed E-state index contributed by atoms with van der Waals surface area (Å²) in [5, 5.41) is 0. The van der Waals surface area contributed by atoms with Crippen LogP contribution in [0.3, 0.4) is 0 Å². The van der Waals surface area contributed by atoms with Crippen LogP contribution >= 0.6 is 22.2 Å². The first-order valence-electron chi connectivity index (χ1n) is 3.75. The number of rotatable bonds is 4. The summed E-state index contributed by atoms with van der Waals surface area (Å²) in [5.74, 6) is -0.250. The SMILES string of the molecule is C=C(C)C(=O)N[Si](Cl)(Cl)CCC. The molecule has 0 unspecified atom stereocenters. The van der Waals surface area contributed by atoms with Crippen LogP contribution in [0.15, 0.2) is 12.2 Å². The molecule has 2 nitrogen and oxygen atoms in total. The Morgan fingerprint density at radius 3 is 2.42 bits per heavy atom. The molecule has 5 heteroatoms. The van der Waals surface area contributed by atoms with Crippen LogP contribution in [0.2, 0.25) is 6.04 Å². The molecule has 0 fully saturated rings. The number of nitrogens with one attached hydrogen (secondary N) is 1. The first-order chi connectivity index (χ1) is 5.39. The highest BCUT2D eigenvalue weighted by atomic mass is 35.7. The quantitative estimate of drug-likeness (QED) is 0.445. The lowest BCUT2D eigenvalue weighted by Crippen LogP contribution is -2.44. The van der Waals surface area contributed by atoms with Crippen molar-refractivity contribution in [1.29, 1.82) is 0 Å². The predicted molar refractivity (Wildman–Crippen MR) is 55.5 cm³/mol. The summed E-state index contributed by atoms with van der Waals surface area (Å²) < 4.78 is 0. The molecule has 0 saturated carbocycles. The normalized spacial score (nSPS) is 11.0. The molecule has 12 heavy (non-hydrogen) atoms. The van der Waals surface area contributed by atoms with E-state index in [4.69, 9.17) is 22.2 Å². The fourth-order valence-corrected chi connectivity index (χ4v) is 3.60. The lowest BCUT2D eigenvalue weighted by molar-refractivity contribution is -0.115. The highest BCUT2D eigenvalue weighted by molar-refractivity contribution is 7.44. The molecule has 0 spiro atoms. The van der Waals surface area contributed by atoms with Gasteiger partial charge in [-0.2, -0.15) is 0 Å². The topological polar surface area (TPSA) is 29.1 Å². The highest BCUT2D eigenvalue weighted by Crippen LogP contribution is 2.18. The van der Waals surface area contributed by atoms with Crippen LogP contribution in [0, 0.1) is 0 Å². The first kappa shape index (κ1) is 12.0. The molecule has 70 valence electrons. The second-order valence-electron chi connectivity index (χ2n) is 2.69. The third-order valence-electron chi connectivity index (χ3n) is 1.25. The molecule has 0 aromatic rings. The number of hydrogen-bond acceptors (Lipinski definition) is 1. The van der Waals surface area contributed by atoms with Crippen molar-refractivity contribution in [1.82, 2.24) is 4.98 Å². The van der Waals surface area contributed by atoms with Gasteiger partial charge in [0.15, 0.2) is 0 Å². The van der Waals surface area contributed by atoms with Gasteiger partial charge in [-0.15, -0.1) is 22.2 Å². The lowest BCUT2D eigenvalue weighted by atomic mass is 10.3. The summed E-state index contributed by atoms with van der Waals surface area (Å²) in [4.78, 5) is 13.7. The monoisotopic (exact) mass is 225 g/mol. The number of carbonyl (C=O) groups excluding carboxylic acids is 1. The van der Waals surface area contributed by atoms with Gasteiger partial charge in [0.25, 0.3) is 0 Å². The molecular formula is C7H13Cl2NOSi. The zero-order chi connectivity index (χ0) is 9.78. The zero-order valence-corrected chi connectivity index (χ0v) is 9.80. The van der Waals surface area contributed by atoms with Crippen molar-refractivity contribution in [2.45, 2.75) is 26.3 Å². The maximum absolute atomic E-state index is 11.1. The molecule has 0 bridgehead atoms. The molecule has 1 N–H and O–H groups in total. The summed E-state index contributed by atoms with van der Waals surface area (Å²) >= 11 is 11.8. The van der Waals surface area contributed by atoms with Gasteiger partial charge in [-0.1, -0.05) is 19.9 Å². The molecule has 1 amide bonds. The highest BCUT2D eigenvalue weighted by Gasteiger charge is 2.29. The average Bonchev–Trinajstić information content (AvgIpc) is 1.85. The van der Waals surface area contributed by atoms with Gasteiger partial charge in [0.2, 0.25) is 5.91 Å². The Kier molecular flexibility index (Phi) is 4.90. The van der Waals surface area contributed by atoms with E-state index in [1.54, 1.807) is 6.92 Å². The summed E-state index contributed by atoms with van der Waals surface area (Å²) in [7, 11) is 0. The standard InChI is InChI=1S/C7H13Cl2NOSi/c1-4-5-12(8,9)10-7(11)6(2)3/h2,4-5H2,1,3H3,(H,10,11). The number of carbonyl (C=O) groups is 1. The summed E-state index contributed by atoms with van der Waals surface area (Å²) in [6.07, 6.45) is 0.871. The van der Waals surface area contributed by atoms with Gasteiger partial charge < -0.3 is 4.98 Å². The fourth-order valence-electron chi connectivity index (χ4n) is 0.649. The molecule has 0 aromatic carbocycles. The Morgan fingerprint density at radius 1 is 1.58 bits per heavy atom.